The molecule has 0 saturated carbocycles. The van der Waals surface area contributed by atoms with Crippen molar-refractivity contribution in [3.8, 4) is 0 Å². The first-order chi connectivity index (χ1) is 8.13. The lowest BCUT2D eigenvalue weighted by Gasteiger charge is -2.11. The molecule has 2 nitrogen and oxygen atoms in total. The molecule has 2 rings (SSSR count). The van der Waals surface area contributed by atoms with E-state index in [1.165, 1.54) is 25.6 Å². The molecule has 0 radical (unpaired) electrons. The van der Waals surface area contributed by atoms with E-state index in [1.54, 1.807) is 6.07 Å². The fraction of sp³-hybridized carbons (Fsp3) is 0.538. The van der Waals surface area contributed by atoms with E-state index in [2.05, 4.69) is 33.2 Å². The normalized spacial score (nSPS) is 21.0. The van der Waals surface area contributed by atoms with Crippen molar-refractivity contribution in [2.24, 2.45) is 5.92 Å². The molecule has 94 valence electrons. The Morgan fingerprint density at radius 3 is 2.94 bits per heavy atom. The summed E-state index contributed by atoms with van der Waals surface area (Å²) in [4.78, 5) is 2.35. The summed E-state index contributed by atoms with van der Waals surface area (Å²) in [6.45, 7) is 4.10. The van der Waals surface area contributed by atoms with Crippen molar-refractivity contribution in [3.05, 3.63) is 34.1 Å². The minimum Gasteiger partial charge on any atom is -0.312 e. The van der Waals surface area contributed by atoms with E-state index in [4.69, 9.17) is 0 Å². The molecule has 1 aromatic carbocycles. The summed E-state index contributed by atoms with van der Waals surface area (Å²) in [5, 5.41) is 3.40. The smallest absolute Gasteiger partial charge is 0.124 e. The van der Waals surface area contributed by atoms with Crippen LogP contribution in [0.1, 0.15) is 12.0 Å². The van der Waals surface area contributed by atoms with Gasteiger partial charge in [-0.3, -0.25) is 0 Å². The van der Waals surface area contributed by atoms with E-state index < -0.39 is 0 Å². The van der Waals surface area contributed by atoms with Crippen LogP contribution < -0.4 is 5.32 Å². The van der Waals surface area contributed by atoms with Gasteiger partial charge in [-0.05, 0) is 56.2 Å². The van der Waals surface area contributed by atoms with Gasteiger partial charge in [-0.15, -0.1) is 0 Å². The van der Waals surface area contributed by atoms with Crippen molar-refractivity contribution in [2.75, 3.05) is 26.7 Å². The third kappa shape index (κ3) is 4.05. The summed E-state index contributed by atoms with van der Waals surface area (Å²) in [5.74, 6) is 0.550. The Morgan fingerprint density at radius 2 is 2.29 bits per heavy atom. The monoisotopic (exact) mass is 300 g/mol. The Hall–Kier alpha value is -0.450. The third-order valence-electron chi connectivity index (χ3n) is 3.17. The number of rotatable bonds is 4. The molecule has 1 aliphatic heterocycles. The second-order valence-electron chi connectivity index (χ2n) is 4.83. The first-order valence-corrected chi connectivity index (χ1v) is 6.77. The molecule has 1 fully saturated rings. The summed E-state index contributed by atoms with van der Waals surface area (Å²) >= 11 is 3.30. The van der Waals surface area contributed by atoms with Crippen LogP contribution in [-0.2, 0) is 6.54 Å². The van der Waals surface area contributed by atoms with E-state index in [0.29, 0.717) is 0 Å². The van der Waals surface area contributed by atoms with E-state index in [1.807, 2.05) is 6.07 Å². The number of hydrogen-bond donors (Lipinski definition) is 1. The molecular weight excluding hydrogens is 283 g/mol. The summed E-state index contributed by atoms with van der Waals surface area (Å²) in [6.07, 6.45) is 1.26. The van der Waals surface area contributed by atoms with Crippen LogP contribution in [0.4, 0.5) is 4.39 Å². The van der Waals surface area contributed by atoms with E-state index in [0.717, 1.165) is 29.0 Å². The Labute approximate surface area is 110 Å². The summed E-state index contributed by atoms with van der Waals surface area (Å²) in [7, 11) is 2.16. The fourth-order valence-electron chi connectivity index (χ4n) is 2.33. The average Bonchev–Trinajstić information content (AvgIpc) is 2.63. The van der Waals surface area contributed by atoms with Crippen molar-refractivity contribution in [1.82, 2.24) is 10.2 Å². The Bertz CT molecular complexity index is 363. The SMILES string of the molecule is CN1CCC(CNCc2cc(F)cc(Br)c2)C1. The molecule has 17 heavy (non-hydrogen) atoms. The zero-order valence-electron chi connectivity index (χ0n) is 10.0. The van der Waals surface area contributed by atoms with Gasteiger partial charge in [-0.1, -0.05) is 15.9 Å². The maximum absolute atomic E-state index is 13.1. The summed E-state index contributed by atoms with van der Waals surface area (Å²) in [6, 6.07) is 5.02. The highest BCUT2D eigenvalue weighted by molar-refractivity contribution is 9.10. The van der Waals surface area contributed by atoms with Crippen LogP contribution in [0.15, 0.2) is 22.7 Å². The number of nitrogens with one attached hydrogen (secondary N) is 1. The third-order valence-corrected chi connectivity index (χ3v) is 3.63. The van der Waals surface area contributed by atoms with Gasteiger partial charge in [0.05, 0.1) is 0 Å². The van der Waals surface area contributed by atoms with Gasteiger partial charge in [0.25, 0.3) is 0 Å². The highest BCUT2D eigenvalue weighted by Crippen LogP contribution is 2.16. The van der Waals surface area contributed by atoms with Gasteiger partial charge in [0.2, 0.25) is 0 Å². The van der Waals surface area contributed by atoms with E-state index >= 15 is 0 Å². The van der Waals surface area contributed by atoms with Crippen LogP contribution in [0.2, 0.25) is 0 Å². The molecule has 0 bridgehead atoms. The van der Waals surface area contributed by atoms with Gasteiger partial charge in [0.15, 0.2) is 0 Å². The Kier molecular flexibility index (Phi) is 4.54. The van der Waals surface area contributed by atoms with Crippen LogP contribution in [0, 0.1) is 11.7 Å². The molecule has 0 spiro atoms. The van der Waals surface area contributed by atoms with Gasteiger partial charge in [0.1, 0.15) is 5.82 Å². The molecular formula is C13H18BrFN2. The highest BCUT2D eigenvalue weighted by Gasteiger charge is 2.18. The summed E-state index contributed by atoms with van der Waals surface area (Å²) in [5.41, 5.74) is 0.989. The van der Waals surface area contributed by atoms with Gasteiger partial charge >= 0.3 is 0 Å². The molecule has 1 atom stereocenters. The largest absolute Gasteiger partial charge is 0.312 e. The molecule has 1 saturated heterocycles. The lowest BCUT2D eigenvalue weighted by Crippen LogP contribution is -2.24. The fourth-order valence-corrected chi connectivity index (χ4v) is 2.84. The van der Waals surface area contributed by atoms with E-state index in [-0.39, 0.29) is 5.82 Å². The highest BCUT2D eigenvalue weighted by atomic mass is 79.9. The second-order valence-corrected chi connectivity index (χ2v) is 5.74. The van der Waals surface area contributed by atoms with Gasteiger partial charge in [0, 0.05) is 17.6 Å². The van der Waals surface area contributed by atoms with Crippen molar-refractivity contribution in [3.63, 3.8) is 0 Å². The molecule has 1 aliphatic rings. The predicted octanol–water partition coefficient (Wildman–Crippen LogP) is 2.63. The van der Waals surface area contributed by atoms with E-state index in [9.17, 15) is 4.39 Å². The zero-order valence-corrected chi connectivity index (χ0v) is 11.6. The van der Waals surface area contributed by atoms with Crippen molar-refractivity contribution in [1.29, 1.82) is 0 Å². The minimum atomic E-state index is -0.184. The van der Waals surface area contributed by atoms with Crippen LogP contribution in [-0.4, -0.2) is 31.6 Å². The second kappa shape index (κ2) is 5.94. The summed E-state index contributed by atoms with van der Waals surface area (Å²) < 4.78 is 13.9. The molecule has 0 amide bonds. The number of likely N-dealkylation sites (tertiary alicyclic amines) is 1. The average molecular weight is 301 g/mol. The molecule has 4 heteroatoms. The number of benzene rings is 1. The standard InChI is InChI=1S/C13H18BrFN2/c1-17-3-2-10(9-17)7-16-8-11-4-12(14)6-13(15)5-11/h4-6,10,16H,2-3,7-9H2,1H3. The van der Waals surface area contributed by atoms with Gasteiger partial charge in [-0.25, -0.2) is 4.39 Å². The molecule has 0 aromatic heterocycles. The predicted molar refractivity (Wildman–Crippen MR) is 71.4 cm³/mol. The molecule has 1 unspecified atom stereocenters. The molecule has 1 N–H and O–H groups in total. The zero-order chi connectivity index (χ0) is 12.3. The Balaban J connectivity index is 1.78. The van der Waals surface area contributed by atoms with Crippen molar-refractivity contribution in [2.45, 2.75) is 13.0 Å². The van der Waals surface area contributed by atoms with Crippen molar-refractivity contribution < 1.29 is 4.39 Å². The minimum absolute atomic E-state index is 0.184. The van der Waals surface area contributed by atoms with Crippen LogP contribution in [0.3, 0.4) is 0 Å². The first-order valence-electron chi connectivity index (χ1n) is 5.98. The Morgan fingerprint density at radius 1 is 1.47 bits per heavy atom. The van der Waals surface area contributed by atoms with Gasteiger partial charge in [-0.2, -0.15) is 0 Å². The number of hydrogen-bond acceptors (Lipinski definition) is 2. The first kappa shape index (κ1) is 13.0. The number of halogens is 2. The van der Waals surface area contributed by atoms with Crippen molar-refractivity contribution >= 4 is 15.9 Å². The topological polar surface area (TPSA) is 15.3 Å². The lowest BCUT2D eigenvalue weighted by atomic mass is 10.1. The van der Waals surface area contributed by atoms with Crippen LogP contribution >= 0.6 is 15.9 Å². The van der Waals surface area contributed by atoms with Gasteiger partial charge < -0.3 is 10.2 Å². The maximum Gasteiger partial charge on any atom is 0.124 e. The van der Waals surface area contributed by atoms with Crippen LogP contribution in [0.5, 0.6) is 0 Å². The van der Waals surface area contributed by atoms with Crippen LogP contribution in [0.25, 0.3) is 0 Å². The molecule has 1 aromatic rings. The lowest BCUT2D eigenvalue weighted by molar-refractivity contribution is 0.388. The molecule has 0 aliphatic carbocycles. The number of nitrogens with zero attached hydrogens (tertiary/aromatic N) is 1. The quantitative estimate of drug-likeness (QED) is 0.920. The maximum atomic E-state index is 13.1. The molecule has 1 heterocycles.